The molecule has 0 spiro atoms. The maximum Gasteiger partial charge on any atom is 0.189 e. The van der Waals surface area contributed by atoms with Gasteiger partial charge in [-0.1, -0.05) is 48.5 Å². The lowest BCUT2D eigenvalue weighted by Gasteiger charge is -2.14. The summed E-state index contributed by atoms with van der Waals surface area (Å²) < 4.78 is 16.7. The van der Waals surface area contributed by atoms with E-state index in [0.29, 0.717) is 19.8 Å². The van der Waals surface area contributed by atoms with Crippen molar-refractivity contribution in [2.75, 3.05) is 20.0 Å². The van der Waals surface area contributed by atoms with Crippen molar-refractivity contribution in [1.82, 2.24) is 0 Å². The molecular formula is C22H28O4. The Morgan fingerprint density at radius 2 is 1.81 bits per heavy atom. The second-order valence-corrected chi connectivity index (χ2v) is 6.79. The molecule has 2 atom stereocenters. The van der Waals surface area contributed by atoms with Crippen LogP contribution < -0.4 is 4.74 Å². The molecule has 0 saturated heterocycles. The molecule has 0 unspecified atom stereocenters. The van der Waals surface area contributed by atoms with E-state index in [4.69, 9.17) is 14.2 Å². The molecule has 4 nitrogen and oxygen atoms in total. The van der Waals surface area contributed by atoms with E-state index in [0.717, 1.165) is 30.6 Å². The normalized spacial score (nSPS) is 21.5. The fourth-order valence-electron chi connectivity index (χ4n) is 3.30. The third-order valence-electron chi connectivity index (χ3n) is 4.85. The molecule has 0 radical (unpaired) electrons. The first kappa shape index (κ1) is 18.9. The minimum absolute atomic E-state index is 0.134. The van der Waals surface area contributed by atoms with Crippen molar-refractivity contribution in [3.05, 3.63) is 65.7 Å². The van der Waals surface area contributed by atoms with Crippen molar-refractivity contribution in [3.63, 3.8) is 0 Å². The number of para-hydroxylation sites is 1. The van der Waals surface area contributed by atoms with E-state index in [-0.39, 0.29) is 12.7 Å². The molecule has 0 heterocycles. The molecule has 4 heteroatoms. The molecule has 2 aromatic rings. The lowest BCUT2D eigenvalue weighted by molar-refractivity contribution is 0.0214. The van der Waals surface area contributed by atoms with Crippen LogP contribution in [0.1, 0.15) is 43.2 Å². The first-order valence-corrected chi connectivity index (χ1v) is 9.36. The van der Waals surface area contributed by atoms with Crippen LogP contribution in [0.5, 0.6) is 5.75 Å². The quantitative estimate of drug-likeness (QED) is 0.482. The van der Waals surface area contributed by atoms with E-state index in [1.54, 1.807) is 0 Å². The van der Waals surface area contributed by atoms with Gasteiger partial charge in [-0.15, -0.1) is 0 Å². The Bertz CT molecular complexity index is 673. The van der Waals surface area contributed by atoms with Crippen LogP contribution >= 0.6 is 0 Å². The van der Waals surface area contributed by atoms with Crippen LogP contribution in [0.25, 0.3) is 0 Å². The van der Waals surface area contributed by atoms with E-state index >= 15 is 0 Å². The van der Waals surface area contributed by atoms with E-state index in [9.17, 15) is 5.11 Å². The van der Waals surface area contributed by atoms with Gasteiger partial charge in [-0.25, -0.2) is 0 Å². The lowest BCUT2D eigenvalue weighted by Crippen LogP contribution is -2.12. The van der Waals surface area contributed by atoms with Gasteiger partial charge in [0, 0.05) is 24.7 Å². The Morgan fingerprint density at radius 3 is 2.62 bits per heavy atom. The Labute approximate surface area is 155 Å². The minimum Gasteiger partial charge on any atom is -0.467 e. The summed E-state index contributed by atoms with van der Waals surface area (Å²) >= 11 is 0. The van der Waals surface area contributed by atoms with Gasteiger partial charge >= 0.3 is 0 Å². The summed E-state index contributed by atoms with van der Waals surface area (Å²) in [4.78, 5) is 0. The molecule has 140 valence electrons. The topological polar surface area (TPSA) is 47.9 Å². The number of ether oxygens (including phenoxy) is 3. The average molecular weight is 356 g/mol. The SMILES string of the molecule is CCOCOc1ccccc1[C@@H]1C[C@@]1(O)CCCOCc1ccccc1. The maximum atomic E-state index is 10.8. The van der Waals surface area contributed by atoms with Crippen molar-refractivity contribution in [2.24, 2.45) is 0 Å². The van der Waals surface area contributed by atoms with Gasteiger partial charge in [-0.3, -0.25) is 0 Å². The van der Waals surface area contributed by atoms with E-state index < -0.39 is 5.60 Å². The second kappa shape index (κ2) is 9.17. The van der Waals surface area contributed by atoms with Crippen LogP contribution in [0, 0.1) is 0 Å². The molecular weight excluding hydrogens is 328 g/mol. The van der Waals surface area contributed by atoms with Crippen molar-refractivity contribution in [2.45, 2.75) is 44.3 Å². The van der Waals surface area contributed by atoms with Gasteiger partial charge in [0.25, 0.3) is 0 Å². The molecule has 2 aromatic carbocycles. The summed E-state index contributed by atoms with van der Waals surface area (Å²) in [6.07, 6.45) is 2.37. The molecule has 1 N–H and O–H groups in total. The lowest BCUT2D eigenvalue weighted by atomic mass is 10.0. The summed E-state index contributed by atoms with van der Waals surface area (Å²) in [6, 6.07) is 18.1. The van der Waals surface area contributed by atoms with Gasteiger partial charge in [0.1, 0.15) is 5.75 Å². The molecule has 0 amide bonds. The highest BCUT2D eigenvalue weighted by Crippen LogP contribution is 2.56. The maximum absolute atomic E-state index is 10.8. The van der Waals surface area contributed by atoms with Crippen LogP contribution in [0.15, 0.2) is 54.6 Å². The molecule has 1 aliphatic carbocycles. The number of hydrogen-bond acceptors (Lipinski definition) is 4. The molecule has 1 saturated carbocycles. The van der Waals surface area contributed by atoms with E-state index in [1.807, 2.05) is 49.4 Å². The molecule has 1 aliphatic rings. The monoisotopic (exact) mass is 356 g/mol. The Kier molecular flexibility index (Phi) is 6.67. The van der Waals surface area contributed by atoms with Gasteiger partial charge in [0.05, 0.1) is 12.2 Å². The molecule has 26 heavy (non-hydrogen) atoms. The van der Waals surface area contributed by atoms with Gasteiger partial charge < -0.3 is 19.3 Å². The van der Waals surface area contributed by atoms with E-state index in [1.165, 1.54) is 5.56 Å². The summed E-state index contributed by atoms with van der Waals surface area (Å²) in [5.74, 6) is 0.941. The number of rotatable bonds is 11. The number of benzene rings is 2. The average Bonchev–Trinajstić information content (AvgIpc) is 3.34. The Balaban J connectivity index is 1.43. The highest BCUT2D eigenvalue weighted by atomic mass is 16.7. The summed E-state index contributed by atoms with van der Waals surface area (Å²) in [7, 11) is 0. The summed E-state index contributed by atoms with van der Waals surface area (Å²) in [6.45, 7) is 4.09. The fourth-order valence-corrected chi connectivity index (χ4v) is 3.30. The first-order valence-electron chi connectivity index (χ1n) is 9.36. The van der Waals surface area contributed by atoms with Gasteiger partial charge in [0.15, 0.2) is 6.79 Å². The molecule has 0 aromatic heterocycles. The standard InChI is InChI=1S/C22H28O4/c1-2-24-17-26-21-12-7-6-11-19(21)20-15-22(20,23)13-8-14-25-16-18-9-4-3-5-10-18/h3-7,9-12,20,23H,2,8,13-17H2,1H3/t20-,22-/m0/s1. The van der Waals surface area contributed by atoms with Crippen molar-refractivity contribution < 1.29 is 19.3 Å². The van der Waals surface area contributed by atoms with Crippen LogP contribution in [-0.2, 0) is 16.1 Å². The molecule has 3 rings (SSSR count). The third kappa shape index (κ3) is 5.07. The predicted octanol–water partition coefficient (Wildman–Crippen LogP) is 4.27. The highest BCUT2D eigenvalue weighted by Gasteiger charge is 2.53. The molecule has 0 aliphatic heterocycles. The molecule has 0 bridgehead atoms. The fraction of sp³-hybridized carbons (Fsp3) is 0.455. The zero-order valence-corrected chi connectivity index (χ0v) is 15.4. The van der Waals surface area contributed by atoms with Crippen LogP contribution in [0.3, 0.4) is 0 Å². The zero-order chi connectivity index (χ0) is 18.2. The van der Waals surface area contributed by atoms with Crippen LogP contribution in [-0.4, -0.2) is 30.7 Å². The van der Waals surface area contributed by atoms with Crippen molar-refractivity contribution >= 4 is 0 Å². The first-order chi connectivity index (χ1) is 12.7. The summed E-state index contributed by atoms with van der Waals surface area (Å²) in [5.41, 5.74) is 1.61. The highest BCUT2D eigenvalue weighted by molar-refractivity contribution is 5.42. The third-order valence-corrected chi connectivity index (χ3v) is 4.85. The van der Waals surface area contributed by atoms with Crippen molar-refractivity contribution in [1.29, 1.82) is 0 Å². The second-order valence-electron chi connectivity index (χ2n) is 6.79. The summed E-state index contributed by atoms with van der Waals surface area (Å²) in [5, 5.41) is 10.8. The van der Waals surface area contributed by atoms with Gasteiger partial charge in [0.2, 0.25) is 0 Å². The Hall–Kier alpha value is -1.88. The minimum atomic E-state index is -0.638. The largest absolute Gasteiger partial charge is 0.467 e. The van der Waals surface area contributed by atoms with Crippen LogP contribution in [0.4, 0.5) is 0 Å². The number of hydrogen-bond donors (Lipinski definition) is 1. The van der Waals surface area contributed by atoms with Crippen molar-refractivity contribution in [3.8, 4) is 5.75 Å². The van der Waals surface area contributed by atoms with Gasteiger partial charge in [-0.2, -0.15) is 0 Å². The predicted molar refractivity (Wildman–Crippen MR) is 101 cm³/mol. The number of aliphatic hydroxyl groups is 1. The van der Waals surface area contributed by atoms with Crippen LogP contribution in [0.2, 0.25) is 0 Å². The van der Waals surface area contributed by atoms with Gasteiger partial charge in [-0.05, 0) is 37.8 Å². The Morgan fingerprint density at radius 1 is 1.04 bits per heavy atom. The smallest absolute Gasteiger partial charge is 0.189 e. The zero-order valence-electron chi connectivity index (χ0n) is 15.4. The molecule has 1 fully saturated rings. The van der Waals surface area contributed by atoms with E-state index in [2.05, 4.69) is 12.1 Å².